The lowest BCUT2D eigenvalue weighted by atomic mass is 10.1. The van der Waals surface area contributed by atoms with Crippen molar-refractivity contribution < 1.29 is 9.18 Å². The van der Waals surface area contributed by atoms with Gasteiger partial charge in [-0.3, -0.25) is 4.79 Å². The zero-order chi connectivity index (χ0) is 23.4. The number of carbonyl (C=O) groups is 1. The number of nitrogens with one attached hydrogen (secondary N) is 2. The lowest BCUT2D eigenvalue weighted by Crippen LogP contribution is -2.14. The van der Waals surface area contributed by atoms with Crippen LogP contribution >= 0.6 is 12.4 Å². The molecule has 0 bridgehead atoms. The normalized spacial score (nSPS) is 10.5. The zero-order valence-electron chi connectivity index (χ0n) is 18.9. The fourth-order valence-corrected chi connectivity index (χ4v) is 3.32. The van der Waals surface area contributed by atoms with Crippen LogP contribution in [-0.2, 0) is 13.1 Å². The van der Waals surface area contributed by atoms with Gasteiger partial charge in [-0.2, -0.15) is 4.98 Å². The highest BCUT2D eigenvalue weighted by Gasteiger charge is 2.10. The van der Waals surface area contributed by atoms with Gasteiger partial charge in [-0.05, 0) is 59.7 Å². The number of halogens is 2. The Morgan fingerprint density at radius 1 is 0.971 bits per heavy atom. The standard InChI is InChI=1S/C25H25FN6O.ClH/c1-32(2)25-30-22-13-17(14-27)5-12-21(22)23(31-25)28-15-16-3-10-20(11-4-16)29-24(33)18-6-8-19(26)9-7-18;/h3-13H,14-15,27H2,1-2H3,(H,29,33)(H,28,30,31);1H. The minimum atomic E-state index is -0.377. The molecule has 4 rings (SSSR count). The number of hydrogen-bond donors (Lipinski definition) is 3. The highest BCUT2D eigenvalue weighted by molar-refractivity contribution is 6.04. The van der Waals surface area contributed by atoms with E-state index >= 15 is 0 Å². The summed E-state index contributed by atoms with van der Waals surface area (Å²) >= 11 is 0. The van der Waals surface area contributed by atoms with Gasteiger partial charge in [-0.25, -0.2) is 9.37 Å². The molecule has 1 amide bonds. The summed E-state index contributed by atoms with van der Waals surface area (Å²) < 4.78 is 13.0. The topological polar surface area (TPSA) is 96.2 Å². The van der Waals surface area contributed by atoms with E-state index in [0.29, 0.717) is 30.3 Å². The predicted octanol–water partition coefficient (Wildman–Crippen LogP) is 4.58. The van der Waals surface area contributed by atoms with Crippen molar-refractivity contribution in [3.8, 4) is 0 Å². The van der Waals surface area contributed by atoms with E-state index in [-0.39, 0.29) is 24.1 Å². The van der Waals surface area contributed by atoms with Gasteiger partial charge < -0.3 is 21.3 Å². The maximum atomic E-state index is 13.0. The third kappa shape index (κ3) is 5.78. The van der Waals surface area contributed by atoms with Crippen molar-refractivity contribution in [3.05, 3.63) is 89.2 Å². The van der Waals surface area contributed by atoms with Crippen LogP contribution in [0.3, 0.4) is 0 Å². The molecule has 176 valence electrons. The lowest BCUT2D eigenvalue weighted by molar-refractivity contribution is 0.102. The summed E-state index contributed by atoms with van der Waals surface area (Å²) in [5.41, 5.74) is 9.70. The number of anilines is 3. The molecule has 1 heterocycles. The van der Waals surface area contributed by atoms with Crippen molar-refractivity contribution in [2.24, 2.45) is 5.73 Å². The average Bonchev–Trinajstić information content (AvgIpc) is 2.83. The molecular weight excluding hydrogens is 455 g/mol. The molecule has 1 aromatic heterocycles. The van der Waals surface area contributed by atoms with Crippen LogP contribution in [0.15, 0.2) is 66.7 Å². The molecule has 4 aromatic rings. The molecule has 0 spiro atoms. The maximum absolute atomic E-state index is 13.0. The van der Waals surface area contributed by atoms with Gasteiger partial charge in [0, 0.05) is 43.8 Å². The molecule has 0 aliphatic rings. The van der Waals surface area contributed by atoms with Gasteiger partial charge in [0.25, 0.3) is 5.91 Å². The van der Waals surface area contributed by atoms with Gasteiger partial charge in [0.05, 0.1) is 5.52 Å². The molecule has 4 N–H and O–H groups in total. The zero-order valence-corrected chi connectivity index (χ0v) is 19.7. The van der Waals surface area contributed by atoms with E-state index in [1.165, 1.54) is 24.3 Å². The van der Waals surface area contributed by atoms with Crippen molar-refractivity contribution in [1.29, 1.82) is 0 Å². The number of nitrogens with zero attached hydrogens (tertiary/aromatic N) is 3. The van der Waals surface area contributed by atoms with E-state index in [9.17, 15) is 9.18 Å². The first-order chi connectivity index (χ1) is 15.9. The Balaban J connectivity index is 0.00000324. The fraction of sp³-hybridized carbons (Fsp3) is 0.160. The number of hydrogen-bond acceptors (Lipinski definition) is 6. The van der Waals surface area contributed by atoms with Crippen LogP contribution in [0.5, 0.6) is 0 Å². The molecule has 0 atom stereocenters. The van der Waals surface area contributed by atoms with Crippen molar-refractivity contribution in [2.45, 2.75) is 13.1 Å². The molecule has 0 fully saturated rings. The molecule has 0 unspecified atom stereocenters. The molecule has 0 radical (unpaired) electrons. The molecule has 9 heteroatoms. The van der Waals surface area contributed by atoms with Gasteiger partial charge in [0.15, 0.2) is 0 Å². The summed E-state index contributed by atoms with van der Waals surface area (Å²) in [5, 5.41) is 7.13. The van der Waals surface area contributed by atoms with Gasteiger partial charge >= 0.3 is 0 Å². The minimum Gasteiger partial charge on any atom is -0.365 e. The number of nitrogens with two attached hydrogens (primary N) is 1. The summed E-state index contributed by atoms with van der Waals surface area (Å²) in [5.74, 6) is 0.678. The fourth-order valence-electron chi connectivity index (χ4n) is 3.32. The highest BCUT2D eigenvalue weighted by atomic mass is 35.5. The average molecular weight is 481 g/mol. The van der Waals surface area contributed by atoms with Gasteiger partial charge in [-0.1, -0.05) is 18.2 Å². The molecule has 0 aliphatic carbocycles. The van der Waals surface area contributed by atoms with E-state index in [0.717, 1.165) is 27.8 Å². The van der Waals surface area contributed by atoms with E-state index in [1.54, 1.807) is 0 Å². The molecular formula is C25H26ClFN6O. The van der Waals surface area contributed by atoms with Crippen LogP contribution in [-0.4, -0.2) is 30.0 Å². The van der Waals surface area contributed by atoms with Crippen LogP contribution in [0.1, 0.15) is 21.5 Å². The number of rotatable bonds is 7. The molecule has 0 saturated heterocycles. The first-order valence-electron chi connectivity index (χ1n) is 10.5. The molecule has 0 aliphatic heterocycles. The van der Waals surface area contributed by atoms with Crippen LogP contribution in [0, 0.1) is 5.82 Å². The SMILES string of the molecule is CN(C)c1nc(NCc2ccc(NC(=O)c3ccc(F)cc3)cc2)c2ccc(CN)cc2n1.Cl. The smallest absolute Gasteiger partial charge is 0.255 e. The number of amides is 1. The predicted molar refractivity (Wildman–Crippen MR) is 137 cm³/mol. The van der Waals surface area contributed by atoms with Crippen molar-refractivity contribution in [1.82, 2.24) is 9.97 Å². The molecule has 0 saturated carbocycles. The third-order valence-electron chi connectivity index (χ3n) is 5.16. The van der Waals surface area contributed by atoms with Crippen molar-refractivity contribution in [2.75, 3.05) is 29.6 Å². The summed E-state index contributed by atoms with van der Waals surface area (Å²) in [7, 11) is 3.80. The Bertz CT molecular complexity index is 1280. The van der Waals surface area contributed by atoms with E-state index in [4.69, 9.17) is 5.73 Å². The van der Waals surface area contributed by atoms with Crippen LogP contribution < -0.4 is 21.3 Å². The van der Waals surface area contributed by atoms with Crippen LogP contribution in [0.25, 0.3) is 10.9 Å². The number of aromatic nitrogens is 2. The maximum Gasteiger partial charge on any atom is 0.255 e. The quantitative estimate of drug-likeness (QED) is 0.358. The number of fused-ring (bicyclic) bond motifs is 1. The second-order valence-corrected chi connectivity index (χ2v) is 7.83. The third-order valence-corrected chi connectivity index (χ3v) is 5.16. The van der Waals surface area contributed by atoms with E-state index in [1.807, 2.05) is 61.5 Å². The monoisotopic (exact) mass is 480 g/mol. The second-order valence-electron chi connectivity index (χ2n) is 7.83. The first kappa shape index (κ1) is 24.9. The summed E-state index contributed by atoms with van der Waals surface area (Å²) in [6.45, 7) is 0.994. The van der Waals surface area contributed by atoms with Crippen LogP contribution in [0.4, 0.5) is 21.8 Å². The second kappa shape index (κ2) is 10.9. The number of carbonyl (C=O) groups excluding carboxylic acids is 1. The first-order valence-corrected chi connectivity index (χ1v) is 10.5. The Labute approximate surface area is 203 Å². The summed E-state index contributed by atoms with van der Waals surface area (Å²) in [6.07, 6.45) is 0. The Kier molecular flexibility index (Phi) is 7.99. The van der Waals surface area contributed by atoms with Crippen molar-refractivity contribution in [3.63, 3.8) is 0 Å². The summed E-state index contributed by atoms with van der Waals surface area (Å²) in [6, 6.07) is 18.9. The minimum absolute atomic E-state index is 0. The van der Waals surface area contributed by atoms with Gasteiger partial charge in [0.2, 0.25) is 5.95 Å². The molecule has 7 nitrogen and oxygen atoms in total. The molecule has 34 heavy (non-hydrogen) atoms. The summed E-state index contributed by atoms with van der Waals surface area (Å²) in [4.78, 5) is 23.4. The Morgan fingerprint density at radius 3 is 2.29 bits per heavy atom. The number of benzene rings is 3. The molecule has 3 aromatic carbocycles. The lowest BCUT2D eigenvalue weighted by Gasteiger charge is -2.15. The Hall–Kier alpha value is -3.75. The van der Waals surface area contributed by atoms with E-state index < -0.39 is 0 Å². The Morgan fingerprint density at radius 2 is 1.65 bits per heavy atom. The largest absolute Gasteiger partial charge is 0.365 e. The highest BCUT2D eigenvalue weighted by Crippen LogP contribution is 2.25. The van der Waals surface area contributed by atoms with Crippen LogP contribution in [0.2, 0.25) is 0 Å². The van der Waals surface area contributed by atoms with Gasteiger partial charge in [0.1, 0.15) is 11.6 Å². The van der Waals surface area contributed by atoms with Gasteiger partial charge in [-0.15, -0.1) is 12.4 Å². The van der Waals surface area contributed by atoms with Crippen molar-refractivity contribution >= 4 is 46.7 Å². The van der Waals surface area contributed by atoms with E-state index in [2.05, 4.69) is 20.6 Å².